The molecule has 2 N–H and O–H groups in total. The molecule has 2 aromatic carbocycles. The van der Waals surface area contributed by atoms with Crippen molar-refractivity contribution < 1.29 is 4.79 Å². The summed E-state index contributed by atoms with van der Waals surface area (Å²) in [7, 11) is 0. The first kappa shape index (κ1) is 22.5. The lowest BCUT2D eigenvalue weighted by molar-refractivity contribution is -0.115. The van der Waals surface area contributed by atoms with Crippen LogP contribution in [0.25, 0.3) is 0 Å². The number of nitrogens with one attached hydrogen (secondary N) is 2. The molecule has 0 fully saturated rings. The van der Waals surface area contributed by atoms with E-state index in [1.165, 1.54) is 11.8 Å². The number of thioether (sulfide) groups is 1. The van der Waals surface area contributed by atoms with Crippen molar-refractivity contribution in [2.75, 3.05) is 10.6 Å². The third kappa shape index (κ3) is 5.68. The largest absolute Gasteiger partial charge is 0.378 e. The van der Waals surface area contributed by atoms with E-state index in [2.05, 4.69) is 20.8 Å². The fourth-order valence-electron chi connectivity index (χ4n) is 2.76. The number of aromatic nitrogens is 3. The van der Waals surface area contributed by atoms with Crippen molar-refractivity contribution in [3.8, 4) is 0 Å². The molecule has 0 saturated carbocycles. The Morgan fingerprint density at radius 2 is 1.97 bits per heavy atom. The van der Waals surface area contributed by atoms with Crippen LogP contribution in [0.4, 0.5) is 11.4 Å². The van der Waals surface area contributed by atoms with Gasteiger partial charge in [-0.3, -0.25) is 4.79 Å². The summed E-state index contributed by atoms with van der Waals surface area (Å²) in [6.45, 7) is 7.03. The Bertz CT molecular complexity index is 1040. The number of nitrogens with zero attached hydrogens (tertiary/aromatic N) is 3. The molecule has 158 valence electrons. The molecule has 0 saturated heterocycles. The van der Waals surface area contributed by atoms with E-state index >= 15 is 0 Å². The van der Waals surface area contributed by atoms with Gasteiger partial charge in [0.25, 0.3) is 0 Å². The normalized spacial score (nSPS) is 11.9. The highest BCUT2D eigenvalue weighted by atomic mass is 35.5. The lowest BCUT2D eigenvalue weighted by atomic mass is 10.2. The van der Waals surface area contributed by atoms with Gasteiger partial charge in [0.05, 0.1) is 11.8 Å². The predicted molar refractivity (Wildman–Crippen MR) is 125 cm³/mol. The van der Waals surface area contributed by atoms with E-state index < -0.39 is 0 Å². The first-order valence-electron chi connectivity index (χ1n) is 9.52. The molecule has 0 radical (unpaired) electrons. The second kappa shape index (κ2) is 10.2. The van der Waals surface area contributed by atoms with Crippen LogP contribution >= 0.6 is 35.0 Å². The highest BCUT2D eigenvalue weighted by Crippen LogP contribution is 2.25. The highest BCUT2D eigenvalue weighted by molar-refractivity contribution is 8.00. The van der Waals surface area contributed by atoms with Gasteiger partial charge in [-0.05, 0) is 56.7 Å². The van der Waals surface area contributed by atoms with Crippen LogP contribution in [0.5, 0.6) is 0 Å². The molecule has 0 bridgehead atoms. The molecule has 1 heterocycles. The molecule has 0 aliphatic rings. The van der Waals surface area contributed by atoms with Crippen LogP contribution in [0.2, 0.25) is 10.0 Å². The Morgan fingerprint density at radius 3 is 2.67 bits per heavy atom. The topological polar surface area (TPSA) is 71.8 Å². The Labute approximate surface area is 190 Å². The van der Waals surface area contributed by atoms with E-state index in [-0.39, 0.29) is 11.2 Å². The van der Waals surface area contributed by atoms with Gasteiger partial charge in [0, 0.05) is 28.0 Å². The SMILES string of the molecule is CCn1c(CNc2ccc(C)c(Cl)c2)nnc1S[C@@H](C)C(=O)Nc1cccc(Cl)c1. The number of amides is 1. The molecule has 6 nitrogen and oxygen atoms in total. The number of benzene rings is 2. The van der Waals surface area contributed by atoms with Gasteiger partial charge in [-0.2, -0.15) is 0 Å². The first-order valence-corrected chi connectivity index (χ1v) is 11.2. The molecule has 1 aromatic heterocycles. The maximum Gasteiger partial charge on any atom is 0.237 e. The highest BCUT2D eigenvalue weighted by Gasteiger charge is 2.20. The summed E-state index contributed by atoms with van der Waals surface area (Å²) in [6.07, 6.45) is 0. The molecule has 1 amide bonds. The molecule has 1 atom stereocenters. The standard InChI is InChI=1S/C21H23Cl2N5OS/c1-4-28-19(12-24-16-9-8-13(2)18(23)11-16)26-27-21(28)30-14(3)20(29)25-17-7-5-6-15(22)10-17/h5-11,14,24H,4,12H2,1-3H3,(H,25,29)/t14-/m0/s1. The van der Waals surface area contributed by atoms with E-state index in [0.717, 1.165) is 17.1 Å². The van der Waals surface area contributed by atoms with Crippen LogP contribution in [0.15, 0.2) is 47.6 Å². The van der Waals surface area contributed by atoms with Crippen LogP contribution in [0, 0.1) is 6.92 Å². The Balaban J connectivity index is 1.64. The third-order valence-electron chi connectivity index (χ3n) is 4.48. The minimum Gasteiger partial charge on any atom is -0.378 e. The maximum absolute atomic E-state index is 12.5. The van der Waals surface area contributed by atoms with Gasteiger partial charge in [-0.1, -0.05) is 47.1 Å². The maximum atomic E-state index is 12.5. The number of hydrogen-bond donors (Lipinski definition) is 2. The van der Waals surface area contributed by atoms with Crippen molar-refractivity contribution in [1.29, 1.82) is 0 Å². The van der Waals surface area contributed by atoms with Gasteiger partial charge < -0.3 is 15.2 Å². The number of hydrogen-bond acceptors (Lipinski definition) is 5. The fourth-order valence-corrected chi connectivity index (χ4v) is 4.06. The molecule has 9 heteroatoms. The summed E-state index contributed by atoms with van der Waals surface area (Å²) >= 11 is 13.5. The van der Waals surface area contributed by atoms with E-state index in [9.17, 15) is 4.79 Å². The molecule has 30 heavy (non-hydrogen) atoms. The number of anilines is 2. The van der Waals surface area contributed by atoms with Crippen LogP contribution < -0.4 is 10.6 Å². The fraction of sp³-hybridized carbons (Fsp3) is 0.286. The molecule has 3 rings (SSSR count). The van der Waals surface area contributed by atoms with Crippen molar-refractivity contribution in [1.82, 2.24) is 14.8 Å². The number of aryl methyl sites for hydroxylation is 1. The summed E-state index contributed by atoms with van der Waals surface area (Å²) in [5.41, 5.74) is 2.61. The number of rotatable bonds is 8. The van der Waals surface area contributed by atoms with Gasteiger partial charge in [0.1, 0.15) is 0 Å². The smallest absolute Gasteiger partial charge is 0.237 e. The molecular formula is C21H23Cl2N5OS. The summed E-state index contributed by atoms with van der Waals surface area (Å²) in [5, 5.41) is 16.4. The van der Waals surface area contributed by atoms with Crippen LogP contribution in [0.1, 0.15) is 25.2 Å². The van der Waals surface area contributed by atoms with Gasteiger partial charge in [0.15, 0.2) is 11.0 Å². The number of carbonyl (C=O) groups is 1. The molecular weight excluding hydrogens is 441 g/mol. The second-order valence-electron chi connectivity index (χ2n) is 6.72. The van der Waals surface area contributed by atoms with Crippen LogP contribution in [-0.2, 0) is 17.9 Å². The quantitative estimate of drug-likeness (QED) is 0.422. The van der Waals surface area contributed by atoms with Gasteiger partial charge in [0.2, 0.25) is 5.91 Å². The lowest BCUT2D eigenvalue weighted by Crippen LogP contribution is -2.23. The molecule has 0 spiro atoms. The Kier molecular flexibility index (Phi) is 7.64. The van der Waals surface area contributed by atoms with Gasteiger partial charge >= 0.3 is 0 Å². The molecule has 0 aliphatic carbocycles. The van der Waals surface area contributed by atoms with Gasteiger partial charge in [-0.25, -0.2) is 0 Å². The zero-order valence-electron chi connectivity index (χ0n) is 16.9. The van der Waals surface area contributed by atoms with Crippen molar-refractivity contribution in [3.05, 3.63) is 63.9 Å². The van der Waals surface area contributed by atoms with Crippen molar-refractivity contribution in [2.45, 2.75) is 44.3 Å². The zero-order valence-corrected chi connectivity index (χ0v) is 19.3. The zero-order chi connectivity index (χ0) is 21.7. The van der Waals surface area contributed by atoms with Crippen molar-refractivity contribution in [3.63, 3.8) is 0 Å². The average molecular weight is 464 g/mol. The van der Waals surface area contributed by atoms with Gasteiger partial charge in [-0.15, -0.1) is 10.2 Å². The van der Waals surface area contributed by atoms with E-state index in [4.69, 9.17) is 23.2 Å². The third-order valence-corrected chi connectivity index (χ3v) is 6.20. The van der Waals surface area contributed by atoms with E-state index in [0.29, 0.717) is 34.0 Å². The molecule has 0 unspecified atom stereocenters. The molecule has 3 aromatic rings. The number of carbonyl (C=O) groups excluding carboxylic acids is 1. The first-order chi connectivity index (χ1) is 14.4. The predicted octanol–water partition coefficient (Wildman–Crippen LogP) is 5.64. The summed E-state index contributed by atoms with van der Waals surface area (Å²) in [6, 6.07) is 12.9. The lowest BCUT2D eigenvalue weighted by Gasteiger charge is -2.13. The monoisotopic (exact) mass is 463 g/mol. The summed E-state index contributed by atoms with van der Waals surface area (Å²) < 4.78 is 2.00. The molecule has 0 aliphatic heterocycles. The summed E-state index contributed by atoms with van der Waals surface area (Å²) in [5.74, 6) is 0.668. The Hall–Kier alpha value is -2.22. The van der Waals surface area contributed by atoms with E-state index in [1.54, 1.807) is 24.3 Å². The van der Waals surface area contributed by atoms with Crippen molar-refractivity contribution in [2.24, 2.45) is 0 Å². The van der Waals surface area contributed by atoms with Crippen molar-refractivity contribution >= 4 is 52.2 Å². The minimum atomic E-state index is -0.352. The second-order valence-corrected chi connectivity index (χ2v) is 8.87. The van der Waals surface area contributed by atoms with Crippen LogP contribution in [0.3, 0.4) is 0 Å². The van der Waals surface area contributed by atoms with Crippen LogP contribution in [-0.4, -0.2) is 25.9 Å². The minimum absolute atomic E-state index is 0.123. The average Bonchev–Trinajstić information content (AvgIpc) is 3.10. The Morgan fingerprint density at radius 1 is 1.17 bits per heavy atom. The number of halogens is 2. The van der Waals surface area contributed by atoms with E-state index in [1.807, 2.05) is 43.5 Å². The summed E-state index contributed by atoms with van der Waals surface area (Å²) in [4.78, 5) is 12.5.